The van der Waals surface area contributed by atoms with E-state index in [1.165, 1.54) is 12.1 Å². The van der Waals surface area contributed by atoms with Gasteiger partial charge in [0.2, 0.25) is 0 Å². The van der Waals surface area contributed by atoms with Crippen molar-refractivity contribution in [1.29, 1.82) is 5.26 Å². The summed E-state index contributed by atoms with van der Waals surface area (Å²) in [7, 11) is 0. The van der Waals surface area contributed by atoms with E-state index in [0.717, 1.165) is 42.8 Å². The first-order valence-corrected chi connectivity index (χ1v) is 9.84. The van der Waals surface area contributed by atoms with Crippen molar-refractivity contribution in [3.63, 3.8) is 0 Å². The highest BCUT2D eigenvalue weighted by Gasteiger charge is 2.34. The third-order valence-corrected chi connectivity index (χ3v) is 5.33. The van der Waals surface area contributed by atoms with Crippen molar-refractivity contribution in [1.82, 2.24) is 4.90 Å². The molecule has 1 saturated heterocycles. The van der Waals surface area contributed by atoms with Crippen molar-refractivity contribution in [3.05, 3.63) is 29.3 Å². The number of unbranched alkanes of at least 4 members (excludes halogenated alkanes) is 1. The zero-order valence-electron chi connectivity index (χ0n) is 15.3. The molecular formula is C19H24F3N3S. The minimum atomic E-state index is -4.56. The van der Waals surface area contributed by atoms with Gasteiger partial charge in [-0.2, -0.15) is 18.4 Å². The number of nitriles is 1. The van der Waals surface area contributed by atoms with Crippen LogP contribution >= 0.6 is 11.8 Å². The second-order valence-electron chi connectivity index (χ2n) is 6.89. The lowest BCUT2D eigenvalue weighted by Crippen LogP contribution is -2.36. The van der Waals surface area contributed by atoms with Gasteiger partial charge >= 0.3 is 6.18 Å². The van der Waals surface area contributed by atoms with Gasteiger partial charge < -0.3 is 4.90 Å². The van der Waals surface area contributed by atoms with Crippen LogP contribution in [0.25, 0.3) is 0 Å². The van der Waals surface area contributed by atoms with Gasteiger partial charge in [-0.25, -0.2) is 4.99 Å². The molecule has 1 aromatic carbocycles. The van der Waals surface area contributed by atoms with Crippen molar-refractivity contribution >= 4 is 22.6 Å². The van der Waals surface area contributed by atoms with Crippen LogP contribution in [0.15, 0.2) is 23.2 Å². The quantitative estimate of drug-likeness (QED) is 0.620. The van der Waals surface area contributed by atoms with Gasteiger partial charge in [-0.15, -0.1) is 0 Å². The molecule has 1 atom stereocenters. The lowest BCUT2D eigenvalue weighted by molar-refractivity contribution is -0.137. The molecule has 1 aliphatic rings. The molecule has 2 rings (SSSR count). The Morgan fingerprint density at radius 3 is 2.69 bits per heavy atom. The topological polar surface area (TPSA) is 39.4 Å². The molecule has 0 amide bonds. The normalized spacial score (nSPS) is 19.4. The van der Waals surface area contributed by atoms with Crippen LogP contribution in [0.2, 0.25) is 0 Å². The zero-order chi connectivity index (χ0) is 19.3. The maximum Gasteiger partial charge on any atom is 0.417 e. The molecule has 0 aliphatic carbocycles. The predicted octanol–water partition coefficient (Wildman–Crippen LogP) is 5.83. The highest BCUT2D eigenvalue weighted by Crippen LogP contribution is 2.36. The Morgan fingerprint density at radius 1 is 1.38 bits per heavy atom. The molecule has 7 heteroatoms. The van der Waals surface area contributed by atoms with E-state index in [1.807, 2.05) is 0 Å². The molecule has 1 aliphatic heterocycles. The molecule has 26 heavy (non-hydrogen) atoms. The third-order valence-electron chi connectivity index (χ3n) is 4.20. The fourth-order valence-electron chi connectivity index (χ4n) is 2.94. The maximum absolute atomic E-state index is 13.2. The monoisotopic (exact) mass is 383 g/mol. The van der Waals surface area contributed by atoms with Crippen LogP contribution in [0.4, 0.5) is 18.9 Å². The Balaban J connectivity index is 2.33. The van der Waals surface area contributed by atoms with E-state index in [-0.39, 0.29) is 11.3 Å². The maximum atomic E-state index is 13.2. The SMILES string of the molecule is CCCC[C@H]1CSC(=Nc2ccc(C#N)c(C(F)(F)F)c2)N1CC(C)C. The first kappa shape index (κ1) is 20.6. The van der Waals surface area contributed by atoms with E-state index in [4.69, 9.17) is 5.26 Å². The highest BCUT2D eigenvalue weighted by molar-refractivity contribution is 8.14. The van der Waals surface area contributed by atoms with Crippen LogP contribution in [0, 0.1) is 17.2 Å². The summed E-state index contributed by atoms with van der Waals surface area (Å²) in [4.78, 5) is 6.73. The molecule has 1 aromatic rings. The van der Waals surface area contributed by atoms with E-state index in [1.54, 1.807) is 17.8 Å². The number of halogens is 3. The van der Waals surface area contributed by atoms with Crippen LogP contribution in [0.1, 0.15) is 51.2 Å². The lowest BCUT2D eigenvalue weighted by Gasteiger charge is -2.27. The van der Waals surface area contributed by atoms with Gasteiger partial charge in [0.1, 0.15) is 0 Å². The van der Waals surface area contributed by atoms with E-state index in [2.05, 4.69) is 30.7 Å². The minimum absolute atomic E-state index is 0.240. The Bertz CT molecular complexity index is 692. The van der Waals surface area contributed by atoms with Gasteiger partial charge in [0.25, 0.3) is 0 Å². The van der Waals surface area contributed by atoms with Gasteiger partial charge in [0, 0.05) is 18.3 Å². The Morgan fingerprint density at radius 2 is 2.12 bits per heavy atom. The van der Waals surface area contributed by atoms with Crippen molar-refractivity contribution in [2.24, 2.45) is 10.9 Å². The molecule has 1 heterocycles. The number of benzene rings is 1. The average Bonchev–Trinajstić information content (AvgIpc) is 2.93. The molecule has 0 aromatic heterocycles. The fraction of sp³-hybridized carbons (Fsp3) is 0.579. The smallest absolute Gasteiger partial charge is 0.347 e. The molecule has 0 N–H and O–H groups in total. The largest absolute Gasteiger partial charge is 0.417 e. The van der Waals surface area contributed by atoms with Gasteiger partial charge in [-0.05, 0) is 30.5 Å². The van der Waals surface area contributed by atoms with Gasteiger partial charge in [0.15, 0.2) is 5.17 Å². The first-order valence-electron chi connectivity index (χ1n) is 8.85. The second-order valence-corrected chi connectivity index (χ2v) is 7.87. The minimum Gasteiger partial charge on any atom is -0.347 e. The van der Waals surface area contributed by atoms with Gasteiger partial charge in [-0.1, -0.05) is 45.4 Å². The van der Waals surface area contributed by atoms with Crippen LogP contribution < -0.4 is 0 Å². The van der Waals surface area contributed by atoms with Crippen molar-refractivity contribution < 1.29 is 13.2 Å². The summed E-state index contributed by atoms with van der Waals surface area (Å²) < 4.78 is 39.5. The summed E-state index contributed by atoms with van der Waals surface area (Å²) in [5, 5.41) is 9.69. The van der Waals surface area contributed by atoms with Crippen LogP contribution in [-0.2, 0) is 6.18 Å². The molecule has 3 nitrogen and oxygen atoms in total. The zero-order valence-corrected chi connectivity index (χ0v) is 16.1. The van der Waals surface area contributed by atoms with E-state index in [9.17, 15) is 13.2 Å². The lowest BCUT2D eigenvalue weighted by atomic mass is 10.1. The number of aliphatic imine (C=N–C) groups is 1. The Hall–Kier alpha value is -1.68. The summed E-state index contributed by atoms with van der Waals surface area (Å²) in [6.07, 6.45) is -1.25. The summed E-state index contributed by atoms with van der Waals surface area (Å²) >= 11 is 1.60. The van der Waals surface area contributed by atoms with E-state index in [0.29, 0.717) is 12.0 Å². The van der Waals surface area contributed by atoms with Crippen LogP contribution in [-0.4, -0.2) is 28.4 Å². The third kappa shape index (κ3) is 5.16. The van der Waals surface area contributed by atoms with Gasteiger partial charge in [-0.3, -0.25) is 0 Å². The molecule has 142 valence electrons. The molecule has 1 fully saturated rings. The molecule has 0 radical (unpaired) electrons. The standard InChI is InChI=1S/C19H24F3N3S/c1-4-5-6-16-12-26-18(25(16)11-13(2)3)24-15-8-7-14(10-23)17(9-15)19(20,21)22/h7-9,13,16H,4-6,11-12H2,1-3H3/t16-/m0/s1. The number of thioether (sulfide) groups is 1. The molecular weight excluding hydrogens is 359 g/mol. The number of nitrogens with zero attached hydrogens (tertiary/aromatic N) is 3. The highest BCUT2D eigenvalue weighted by atomic mass is 32.2. The predicted molar refractivity (Wildman–Crippen MR) is 101 cm³/mol. The number of rotatable bonds is 6. The second kappa shape index (κ2) is 8.81. The van der Waals surface area contributed by atoms with Crippen LogP contribution in [0.5, 0.6) is 0 Å². The number of amidine groups is 1. The summed E-state index contributed by atoms with van der Waals surface area (Å²) in [5.74, 6) is 1.35. The van der Waals surface area contributed by atoms with Crippen molar-refractivity contribution in [3.8, 4) is 6.07 Å². The van der Waals surface area contributed by atoms with Crippen molar-refractivity contribution in [2.75, 3.05) is 12.3 Å². The first-order chi connectivity index (χ1) is 12.3. The molecule has 0 spiro atoms. The van der Waals surface area contributed by atoms with Gasteiger partial charge in [0.05, 0.1) is 22.9 Å². The van der Waals surface area contributed by atoms with E-state index >= 15 is 0 Å². The summed E-state index contributed by atoms with van der Waals surface area (Å²) in [5.41, 5.74) is -1.06. The molecule has 0 saturated carbocycles. The average molecular weight is 383 g/mol. The number of hydrogen-bond acceptors (Lipinski definition) is 3. The fourth-order valence-corrected chi connectivity index (χ4v) is 4.19. The van der Waals surface area contributed by atoms with Crippen LogP contribution in [0.3, 0.4) is 0 Å². The Labute approximate surface area is 157 Å². The number of hydrogen-bond donors (Lipinski definition) is 0. The van der Waals surface area contributed by atoms with E-state index < -0.39 is 11.7 Å². The summed E-state index contributed by atoms with van der Waals surface area (Å²) in [6.45, 7) is 7.24. The molecule has 0 unspecified atom stereocenters. The summed E-state index contributed by atoms with van der Waals surface area (Å²) in [6, 6.07) is 5.63. The number of alkyl halides is 3. The Kier molecular flexibility index (Phi) is 6.99. The molecule has 0 bridgehead atoms. The van der Waals surface area contributed by atoms with Crippen molar-refractivity contribution in [2.45, 2.75) is 52.3 Å².